The van der Waals surface area contributed by atoms with E-state index in [2.05, 4.69) is 9.97 Å². The first-order valence-corrected chi connectivity index (χ1v) is 4.17. The standard InChI is InChI=1S/C9H8N2O5/c1-4-7(9(15)16)10-5(11-8(4)14)2-3-6(12)13/h2-3H,1H3,(H,12,13)(H,15,16)(H,10,11,14). The van der Waals surface area contributed by atoms with Gasteiger partial charge in [0, 0.05) is 11.6 Å². The lowest BCUT2D eigenvalue weighted by Crippen LogP contribution is -2.19. The number of aromatic amines is 1. The summed E-state index contributed by atoms with van der Waals surface area (Å²) in [6.07, 6.45) is 1.76. The van der Waals surface area contributed by atoms with Gasteiger partial charge < -0.3 is 15.2 Å². The number of carboxylic acid groups (broad SMARTS) is 2. The first-order chi connectivity index (χ1) is 7.41. The number of H-pyrrole nitrogens is 1. The smallest absolute Gasteiger partial charge is 0.355 e. The summed E-state index contributed by atoms with van der Waals surface area (Å²) in [5, 5.41) is 17.1. The van der Waals surface area contributed by atoms with Crippen molar-refractivity contribution in [3.63, 3.8) is 0 Å². The molecule has 0 saturated carbocycles. The zero-order valence-electron chi connectivity index (χ0n) is 8.22. The van der Waals surface area contributed by atoms with Gasteiger partial charge in [0.1, 0.15) is 5.82 Å². The molecule has 1 aromatic heterocycles. The first kappa shape index (κ1) is 11.6. The van der Waals surface area contributed by atoms with E-state index in [-0.39, 0.29) is 11.4 Å². The summed E-state index contributed by atoms with van der Waals surface area (Å²) in [5.41, 5.74) is -1.04. The number of aromatic carboxylic acids is 1. The molecular weight excluding hydrogens is 216 g/mol. The molecule has 0 radical (unpaired) electrons. The lowest BCUT2D eigenvalue weighted by atomic mass is 10.2. The Morgan fingerprint density at radius 3 is 2.50 bits per heavy atom. The number of carboxylic acids is 2. The Kier molecular flexibility index (Phi) is 3.19. The third kappa shape index (κ3) is 2.53. The quantitative estimate of drug-likeness (QED) is 0.615. The molecule has 0 aliphatic carbocycles. The predicted molar refractivity (Wildman–Crippen MR) is 53.2 cm³/mol. The van der Waals surface area contributed by atoms with Gasteiger partial charge in [0.05, 0.1) is 0 Å². The number of aromatic nitrogens is 2. The van der Waals surface area contributed by atoms with Crippen molar-refractivity contribution in [3.8, 4) is 0 Å². The van der Waals surface area contributed by atoms with Gasteiger partial charge in [0.15, 0.2) is 5.69 Å². The highest BCUT2D eigenvalue weighted by molar-refractivity contribution is 5.87. The summed E-state index contributed by atoms with van der Waals surface area (Å²) in [7, 11) is 0. The van der Waals surface area contributed by atoms with Crippen LogP contribution in [0.25, 0.3) is 6.08 Å². The maximum absolute atomic E-state index is 11.3. The molecule has 0 aliphatic rings. The normalized spacial score (nSPS) is 10.6. The molecule has 0 aromatic carbocycles. The van der Waals surface area contributed by atoms with Gasteiger partial charge in [0.2, 0.25) is 0 Å². The van der Waals surface area contributed by atoms with Gasteiger partial charge in [-0.05, 0) is 13.0 Å². The highest BCUT2D eigenvalue weighted by atomic mass is 16.4. The predicted octanol–water partition coefficient (Wildman–Crippen LogP) is -0.126. The second kappa shape index (κ2) is 4.39. The summed E-state index contributed by atoms with van der Waals surface area (Å²) in [4.78, 5) is 38.0. The summed E-state index contributed by atoms with van der Waals surface area (Å²) in [6.45, 7) is 1.32. The first-order valence-electron chi connectivity index (χ1n) is 4.17. The van der Waals surface area contributed by atoms with Crippen LogP contribution in [-0.2, 0) is 4.79 Å². The molecule has 7 nitrogen and oxygen atoms in total. The molecule has 0 spiro atoms. The molecule has 1 heterocycles. The zero-order chi connectivity index (χ0) is 12.3. The van der Waals surface area contributed by atoms with Crippen molar-refractivity contribution in [1.29, 1.82) is 0 Å². The number of aliphatic carboxylic acids is 1. The number of nitrogens with zero attached hydrogens (tertiary/aromatic N) is 1. The Morgan fingerprint density at radius 1 is 1.38 bits per heavy atom. The van der Waals surface area contributed by atoms with E-state index in [0.29, 0.717) is 0 Å². The van der Waals surface area contributed by atoms with E-state index in [0.717, 1.165) is 12.2 Å². The van der Waals surface area contributed by atoms with E-state index in [1.54, 1.807) is 0 Å². The molecule has 0 fully saturated rings. The van der Waals surface area contributed by atoms with Crippen LogP contribution < -0.4 is 5.56 Å². The van der Waals surface area contributed by atoms with Gasteiger partial charge >= 0.3 is 11.9 Å². The van der Waals surface area contributed by atoms with E-state index in [9.17, 15) is 14.4 Å². The molecule has 0 saturated heterocycles. The molecule has 0 amide bonds. The zero-order valence-corrected chi connectivity index (χ0v) is 8.22. The Balaban J connectivity index is 3.30. The number of carbonyl (C=O) groups is 2. The van der Waals surface area contributed by atoms with Crippen LogP contribution >= 0.6 is 0 Å². The van der Waals surface area contributed by atoms with Crippen molar-refractivity contribution in [2.45, 2.75) is 6.92 Å². The summed E-state index contributed by atoms with van der Waals surface area (Å²) in [5.74, 6) is -2.68. The van der Waals surface area contributed by atoms with Crippen LogP contribution in [0.2, 0.25) is 0 Å². The van der Waals surface area contributed by atoms with Crippen LogP contribution in [0.3, 0.4) is 0 Å². The van der Waals surface area contributed by atoms with Crippen molar-refractivity contribution < 1.29 is 19.8 Å². The van der Waals surface area contributed by atoms with Gasteiger partial charge in [-0.25, -0.2) is 14.6 Å². The van der Waals surface area contributed by atoms with Crippen molar-refractivity contribution in [2.24, 2.45) is 0 Å². The number of hydrogen-bond acceptors (Lipinski definition) is 4. The fourth-order valence-corrected chi connectivity index (χ4v) is 0.987. The van der Waals surface area contributed by atoms with E-state index in [1.165, 1.54) is 6.92 Å². The van der Waals surface area contributed by atoms with Crippen molar-refractivity contribution in [2.75, 3.05) is 0 Å². The fourth-order valence-electron chi connectivity index (χ4n) is 0.987. The lowest BCUT2D eigenvalue weighted by molar-refractivity contribution is -0.131. The molecule has 0 aliphatic heterocycles. The maximum Gasteiger partial charge on any atom is 0.355 e. The van der Waals surface area contributed by atoms with E-state index >= 15 is 0 Å². The van der Waals surface area contributed by atoms with Crippen LogP contribution in [0, 0.1) is 6.92 Å². The van der Waals surface area contributed by atoms with Gasteiger partial charge in [-0.2, -0.15) is 0 Å². The highest BCUT2D eigenvalue weighted by Gasteiger charge is 2.12. The van der Waals surface area contributed by atoms with Crippen molar-refractivity contribution >= 4 is 18.0 Å². The average Bonchev–Trinajstić information content (AvgIpc) is 2.19. The molecule has 84 valence electrons. The summed E-state index contributed by atoms with van der Waals surface area (Å²) in [6, 6.07) is 0. The molecule has 0 unspecified atom stereocenters. The van der Waals surface area contributed by atoms with Gasteiger partial charge in [0.25, 0.3) is 5.56 Å². The van der Waals surface area contributed by atoms with E-state index in [1.807, 2.05) is 0 Å². The minimum Gasteiger partial charge on any atom is -0.478 e. The largest absolute Gasteiger partial charge is 0.478 e. The van der Waals surface area contributed by atoms with Gasteiger partial charge in [-0.15, -0.1) is 0 Å². The maximum atomic E-state index is 11.3. The van der Waals surface area contributed by atoms with Gasteiger partial charge in [-0.3, -0.25) is 4.79 Å². The molecule has 7 heteroatoms. The molecular formula is C9H8N2O5. The Morgan fingerprint density at radius 2 is 2.00 bits per heavy atom. The topological polar surface area (TPSA) is 120 Å². The van der Waals surface area contributed by atoms with Crippen LogP contribution in [-0.4, -0.2) is 32.1 Å². The molecule has 16 heavy (non-hydrogen) atoms. The fraction of sp³-hybridized carbons (Fsp3) is 0.111. The van der Waals surface area contributed by atoms with E-state index in [4.69, 9.17) is 10.2 Å². The van der Waals surface area contributed by atoms with Crippen LogP contribution in [0.15, 0.2) is 10.9 Å². The Hall–Kier alpha value is -2.44. The number of hydrogen-bond donors (Lipinski definition) is 3. The molecule has 3 N–H and O–H groups in total. The minimum absolute atomic E-state index is 0.0278. The van der Waals surface area contributed by atoms with Crippen LogP contribution in [0.4, 0.5) is 0 Å². The SMILES string of the molecule is Cc1c(C(=O)O)nc(C=CC(=O)O)[nH]c1=O. The molecule has 0 bridgehead atoms. The lowest BCUT2D eigenvalue weighted by Gasteiger charge is -1.99. The second-order valence-corrected chi connectivity index (χ2v) is 2.90. The van der Waals surface area contributed by atoms with Crippen LogP contribution in [0.5, 0.6) is 0 Å². The second-order valence-electron chi connectivity index (χ2n) is 2.90. The van der Waals surface area contributed by atoms with E-state index < -0.39 is 23.2 Å². The Bertz CT molecular complexity index is 529. The van der Waals surface area contributed by atoms with Gasteiger partial charge in [-0.1, -0.05) is 0 Å². The Labute approximate surface area is 89.1 Å². The van der Waals surface area contributed by atoms with Crippen molar-refractivity contribution in [1.82, 2.24) is 9.97 Å². The van der Waals surface area contributed by atoms with Crippen molar-refractivity contribution in [3.05, 3.63) is 33.5 Å². The number of rotatable bonds is 3. The van der Waals surface area contributed by atoms with Crippen LogP contribution in [0.1, 0.15) is 21.9 Å². The molecule has 0 atom stereocenters. The third-order valence-corrected chi connectivity index (χ3v) is 1.76. The summed E-state index contributed by atoms with van der Waals surface area (Å²) >= 11 is 0. The summed E-state index contributed by atoms with van der Waals surface area (Å²) < 4.78 is 0. The monoisotopic (exact) mass is 224 g/mol. The molecule has 1 rings (SSSR count). The highest BCUT2D eigenvalue weighted by Crippen LogP contribution is 2.00. The minimum atomic E-state index is -1.34. The molecule has 1 aromatic rings. The average molecular weight is 224 g/mol. The third-order valence-electron chi connectivity index (χ3n) is 1.76. The number of nitrogens with one attached hydrogen (secondary N) is 1.